The fourth-order valence-electron chi connectivity index (χ4n) is 2.17. The molecule has 1 fully saturated rings. The number of hydrogen-bond acceptors (Lipinski definition) is 4. The lowest BCUT2D eigenvalue weighted by Crippen LogP contribution is -2.43. The fourth-order valence-corrected chi connectivity index (χ4v) is 2.17. The lowest BCUT2D eigenvalue weighted by molar-refractivity contribution is -0.133. The van der Waals surface area contributed by atoms with E-state index in [9.17, 15) is 9.59 Å². The van der Waals surface area contributed by atoms with Gasteiger partial charge in [-0.2, -0.15) is 0 Å². The Morgan fingerprint density at radius 1 is 1.47 bits per heavy atom. The van der Waals surface area contributed by atoms with E-state index in [1.165, 1.54) is 0 Å². The molecule has 0 spiro atoms. The van der Waals surface area contributed by atoms with E-state index in [0.717, 1.165) is 24.1 Å². The second-order valence-corrected chi connectivity index (χ2v) is 5.14. The fraction of sp³-hybridized carbons (Fsp3) is 0.429. The largest absolute Gasteiger partial charge is 0.423 e. The Labute approximate surface area is 111 Å². The molecule has 0 saturated heterocycles. The Bertz CT molecular complexity index is 537. The Balaban J connectivity index is 1.78. The molecule has 100 valence electrons. The maximum atomic E-state index is 11.9. The van der Waals surface area contributed by atoms with Crippen molar-refractivity contribution in [2.75, 3.05) is 18.0 Å². The molecule has 0 atom stereocenters. The van der Waals surface area contributed by atoms with E-state index in [1.54, 1.807) is 11.0 Å². The average Bonchev–Trinajstić information content (AvgIpc) is 3.13. The van der Waals surface area contributed by atoms with Crippen LogP contribution < -0.4 is 15.0 Å². The summed E-state index contributed by atoms with van der Waals surface area (Å²) in [6.07, 6.45) is 2.12. The maximum absolute atomic E-state index is 11.9. The maximum Gasteiger partial charge on any atom is 0.331 e. The first-order valence-corrected chi connectivity index (χ1v) is 6.47. The molecule has 1 aromatic carbocycles. The van der Waals surface area contributed by atoms with E-state index < -0.39 is 0 Å². The third-order valence-electron chi connectivity index (χ3n) is 3.28. The normalized spacial score (nSPS) is 17.7. The van der Waals surface area contributed by atoms with Crippen molar-refractivity contribution in [2.24, 2.45) is 0 Å². The van der Waals surface area contributed by atoms with Gasteiger partial charge in [0.15, 0.2) is 5.75 Å². The van der Waals surface area contributed by atoms with Crippen molar-refractivity contribution in [1.29, 1.82) is 0 Å². The van der Waals surface area contributed by atoms with Gasteiger partial charge in [0.2, 0.25) is 5.91 Å². The number of anilines is 1. The summed E-state index contributed by atoms with van der Waals surface area (Å²) in [4.78, 5) is 25.2. The first-order valence-electron chi connectivity index (χ1n) is 6.47. The van der Waals surface area contributed by atoms with Gasteiger partial charge in [-0.05, 0) is 37.5 Å². The zero-order valence-corrected chi connectivity index (χ0v) is 10.8. The van der Waals surface area contributed by atoms with Crippen LogP contribution in [0.5, 0.6) is 5.75 Å². The summed E-state index contributed by atoms with van der Waals surface area (Å²) in [5, 5.41) is 2.93. The monoisotopic (exact) mass is 260 g/mol. The Morgan fingerprint density at radius 3 is 3.00 bits per heavy atom. The van der Waals surface area contributed by atoms with Crippen LogP contribution in [-0.4, -0.2) is 31.0 Å². The van der Waals surface area contributed by atoms with Crippen molar-refractivity contribution in [3.05, 3.63) is 23.8 Å². The highest BCUT2D eigenvalue weighted by atomic mass is 16.5. The van der Waals surface area contributed by atoms with Crippen LogP contribution in [0.4, 0.5) is 5.69 Å². The zero-order valence-electron chi connectivity index (χ0n) is 10.8. The molecule has 0 bridgehead atoms. The Hall–Kier alpha value is -2.04. The second kappa shape index (κ2) is 4.57. The van der Waals surface area contributed by atoms with E-state index in [1.807, 2.05) is 19.1 Å². The third kappa shape index (κ3) is 2.70. The lowest BCUT2D eigenvalue weighted by Gasteiger charge is -2.29. The highest BCUT2D eigenvalue weighted by molar-refractivity contribution is 5.89. The molecule has 1 amide bonds. The Morgan fingerprint density at radius 2 is 2.26 bits per heavy atom. The molecule has 0 aromatic heterocycles. The molecule has 5 heteroatoms. The predicted molar refractivity (Wildman–Crippen MR) is 70.2 cm³/mol. The van der Waals surface area contributed by atoms with Crippen molar-refractivity contribution in [3.63, 3.8) is 0 Å². The molecule has 0 unspecified atom stereocenters. The number of benzene rings is 1. The molecule has 3 rings (SSSR count). The van der Waals surface area contributed by atoms with E-state index in [4.69, 9.17) is 4.74 Å². The Kier molecular flexibility index (Phi) is 2.89. The van der Waals surface area contributed by atoms with E-state index in [-0.39, 0.29) is 25.0 Å². The number of amides is 1. The van der Waals surface area contributed by atoms with Crippen LogP contribution in [0, 0.1) is 6.92 Å². The van der Waals surface area contributed by atoms with Crippen LogP contribution in [0.3, 0.4) is 0 Å². The van der Waals surface area contributed by atoms with E-state index >= 15 is 0 Å². The molecular formula is C14H16N2O3. The summed E-state index contributed by atoms with van der Waals surface area (Å²) in [7, 11) is 0. The quantitative estimate of drug-likeness (QED) is 0.650. The van der Waals surface area contributed by atoms with Crippen LogP contribution in [0.2, 0.25) is 0 Å². The third-order valence-corrected chi connectivity index (χ3v) is 3.28. The van der Waals surface area contributed by atoms with Crippen molar-refractivity contribution in [2.45, 2.75) is 25.8 Å². The van der Waals surface area contributed by atoms with Crippen LogP contribution in [0.1, 0.15) is 18.4 Å². The van der Waals surface area contributed by atoms with Gasteiger partial charge in [0, 0.05) is 6.04 Å². The average molecular weight is 260 g/mol. The standard InChI is InChI=1S/C14H16N2O3/c1-9-2-5-12-11(6-9)16(8-14(18)19-12)7-13(17)15-10-3-4-10/h2,5-6,10H,3-4,7-8H2,1H3,(H,15,17). The van der Waals surface area contributed by atoms with Gasteiger partial charge >= 0.3 is 5.97 Å². The van der Waals surface area contributed by atoms with E-state index in [2.05, 4.69) is 5.32 Å². The molecule has 1 heterocycles. The number of fused-ring (bicyclic) bond motifs is 1. The SMILES string of the molecule is Cc1ccc2c(c1)N(CC(=O)NC1CC1)CC(=O)O2. The summed E-state index contributed by atoms with van der Waals surface area (Å²) in [6, 6.07) is 5.93. The van der Waals surface area contributed by atoms with Crippen molar-refractivity contribution < 1.29 is 14.3 Å². The van der Waals surface area contributed by atoms with Gasteiger partial charge in [-0.3, -0.25) is 4.79 Å². The summed E-state index contributed by atoms with van der Waals surface area (Å²) in [5.74, 6) is 0.168. The van der Waals surface area contributed by atoms with Crippen molar-refractivity contribution >= 4 is 17.6 Å². The van der Waals surface area contributed by atoms with Crippen LogP contribution in [0.25, 0.3) is 0 Å². The summed E-state index contributed by atoms with van der Waals surface area (Å²) >= 11 is 0. The number of esters is 1. The summed E-state index contributed by atoms with van der Waals surface area (Å²) in [6.45, 7) is 2.29. The van der Waals surface area contributed by atoms with Gasteiger partial charge in [0.25, 0.3) is 0 Å². The van der Waals surface area contributed by atoms with Gasteiger partial charge in [-0.1, -0.05) is 6.07 Å². The molecule has 0 radical (unpaired) electrons. The van der Waals surface area contributed by atoms with Gasteiger partial charge in [-0.15, -0.1) is 0 Å². The molecule has 19 heavy (non-hydrogen) atoms. The number of nitrogens with one attached hydrogen (secondary N) is 1. The minimum Gasteiger partial charge on any atom is -0.423 e. The minimum atomic E-state index is -0.324. The number of ether oxygens (including phenoxy) is 1. The molecule has 1 aliphatic carbocycles. The van der Waals surface area contributed by atoms with Gasteiger partial charge in [0.1, 0.15) is 6.54 Å². The number of rotatable bonds is 3. The molecule has 1 aliphatic heterocycles. The molecule has 5 nitrogen and oxygen atoms in total. The predicted octanol–water partition coefficient (Wildman–Crippen LogP) is 0.999. The van der Waals surface area contributed by atoms with Gasteiger partial charge in [-0.25, -0.2) is 4.79 Å². The molecule has 1 saturated carbocycles. The molecule has 2 aliphatic rings. The number of aryl methyl sites for hydroxylation is 1. The van der Waals surface area contributed by atoms with Crippen LogP contribution in [0.15, 0.2) is 18.2 Å². The van der Waals surface area contributed by atoms with Crippen molar-refractivity contribution in [3.8, 4) is 5.75 Å². The minimum absolute atomic E-state index is 0.0374. The lowest BCUT2D eigenvalue weighted by atomic mass is 10.1. The van der Waals surface area contributed by atoms with Crippen molar-refractivity contribution in [1.82, 2.24) is 5.32 Å². The summed E-state index contributed by atoms with van der Waals surface area (Å²) < 4.78 is 5.18. The first kappa shape index (κ1) is 12.0. The summed E-state index contributed by atoms with van der Waals surface area (Å²) in [5.41, 5.74) is 1.88. The van der Waals surface area contributed by atoms with Gasteiger partial charge < -0.3 is 15.0 Å². The number of carbonyl (C=O) groups is 2. The first-order chi connectivity index (χ1) is 9.11. The smallest absolute Gasteiger partial charge is 0.331 e. The number of nitrogens with zero attached hydrogens (tertiary/aromatic N) is 1. The second-order valence-electron chi connectivity index (χ2n) is 5.14. The molecular weight excluding hydrogens is 244 g/mol. The van der Waals surface area contributed by atoms with Crippen LogP contribution in [-0.2, 0) is 9.59 Å². The van der Waals surface area contributed by atoms with E-state index in [0.29, 0.717) is 11.8 Å². The number of carbonyl (C=O) groups excluding carboxylic acids is 2. The number of hydrogen-bond donors (Lipinski definition) is 1. The highest BCUT2D eigenvalue weighted by Crippen LogP contribution is 2.32. The topological polar surface area (TPSA) is 58.6 Å². The zero-order chi connectivity index (χ0) is 13.4. The molecule has 1 N–H and O–H groups in total. The van der Waals surface area contributed by atoms with Crippen LogP contribution >= 0.6 is 0 Å². The highest BCUT2D eigenvalue weighted by Gasteiger charge is 2.28. The van der Waals surface area contributed by atoms with Gasteiger partial charge in [0.05, 0.1) is 12.2 Å². The molecule has 1 aromatic rings.